The highest BCUT2D eigenvalue weighted by Crippen LogP contribution is 2.44. The molecule has 0 unspecified atom stereocenters. The lowest BCUT2D eigenvalue weighted by Gasteiger charge is -2.24. The highest BCUT2D eigenvalue weighted by Gasteiger charge is 2.52. The van der Waals surface area contributed by atoms with Gasteiger partial charge < -0.3 is 5.11 Å². The summed E-state index contributed by atoms with van der Waals surface area (Å²) in [5.74, 6) is 0. The molecule has 0 aliphatic rings. The van der Waals surface area contributed by atoms with Gasteiger partial charge in [-0.15, -0.1) is 0 Å². The number of alkyl halides is 6. The van der Waals surface area contributed by atoms with Gasteiger partial charge in [0, 0.05) is 11.2 Å². The Labute approximate surface area is 89.5 Å². The zero-order chi connectivity index (χ0) is 9.99. The van der Waals surface area contributed by atoms with Crippen molar-refractivity contribution < 1.29 is 18.3 Å². The van der Waals surface area contributed by atoms with Crippen molar-refractivity contribution >= 4 is 43.5 Å². The van der Waals surface area contributed by atoms with E-state index in [0.29, 0.717) is 0 Å². The lowest BCUT2D eigenvalue weighted by Crippen LogP contribution is -2.36. The summed E-state index contributed by atoms with van der Waals surface area (Å²) in [5.41, 5.74) is 0. The van der Waals surface area contributed by atoms with Crippen molar-refractivity contribution in [2.45, 2.75) is 21.2 Å². The van der Waals surface area contributed by atoms with E-state index in [1.54, 1.807) is 0 Å². The molecule has 2 atom stereocenters. The molecule has 0 aromatic heterocycles. The second kappa shape index (κ2) is 4.48. The molecule has 0 saturated heterocycles. The number of aliphatic hydroxyl groups excluding tert-OH is 1. The molecule has 0 aliphatic carbocycles. The van der Waals surface area contributed by atoms with Gasteiger partial charge in [-0.3, -0.25) is 0 Å². The largest absolute Gasteiger partial charge is 0.395 e. The molecule has 0 bridgehead atoms. The van der Waals surface area contributed by atoms with E-state index >= 15 is 0 Å². The molecule has 0 aromatic rings. The van der Waals surface area contributed by atoms with E-state index in [2.05, 4.69) is 15.9 Å². The van der Waals surface area contributed by atoms with Gasteiger partial charge in [0.1, 0.15) is 0 Å². The third-order valence-corrected chi connectivity index (χ3v) is 2.95. The maximum absolute atomic E-state index is 12.9. The number of aliphatic hydroxyl groups is 1. The van der Waals surface area contributed by atoms with Crippen molar-refractivity contribution in [1.82, 2.24) is 0 Å². The van der Waals surface area contributed by atoms with Crippen molar-refractivity contribution in [3.05, 3.63) is 0 Å². The van der Waals surface area contributed by atoms with Crippen LogP contribution in [0.15, 0.2) is 0 Å². The fourth-order valence-electron chi connectivity index (χ4n) is 0.458. The molecule has 0 spiro atoms. The molecule has 74 valence electrons. The Morgan fingerprint density at radius 3 is 2.08 bits per heavy atom. The van der Waals surface area contributed by atoms with Gasteiger partial charge in [0.25, 0.3) is 5.13 Å². The van der Waals surface area contributed by atoms with E-state index in [1.807, 2.05) is 15.9 Å². The van der Waals surface area contributed by atoms with Crippen LogP contribution in [0, 0.1) is 0 Å². The van der Waals surface area contributed by atoms with E-state index in [-0.39, 0.29) is 0 Å². The van der Waals surface area contributed by atoms with Crippen molar-refractivity contribution in [1.29, 1.82) is 0 Å². The molecule has 1 nitrogen and oxygen atoms in total. The van der Waals surface area contributed by atoms with Crippen LogP contribution in [0.3, 0.4) is 0 Å². The topological polar surface area (TPSA) is 20.2 Å². The van der Waals surface area contributed by atoms with E-state index in [1.165, 1.54) is 0 Å². The highest BCUT2D eigenvalue weighted by molar-refractivity contribution is 9.10. The van der Waals surface area contributed by atoms with Crippen LogP contribution in [0.2, 0.25) is 0 Å². The molecule has 0 heterocycles. The minimum atomic E-state index is -3.80. The van der Waals surface area contributed by atoms with E-state index in [4.69, 9.17) is 16.7 Å². The van der Waals surface area contributed by atoms with Crippen LogP contribution in [0.4, 0.5) is 13.2 Å². The van der Waals surface area contributed by atoms with Gasteiger partial charge in [0.2, 0.25) is 0 Å². The van der Waals surface area contributed by atoms with Gasteiger partial charge in [-0.2, -0.15) is 8.78 Å². The SMILES string of the molecule is OC[C@@H](Br)C[C@@](F)(Cl)C(F)(F)Br. The van der Waals surface area contributed by atoms with E-state index in [0.717, 1.165) is 0 Å². The van der Waals surface area contributed by atoms with Crippen molar-refractivity contribution in [2.75, 3.05) is 6.61 Å². The van der Waals surface area contributed by atoms with Crippen molar-refractivity contribution in [3.63, 3.8) is 0 Å². The van der Waals surface area contributed by atoms with Gasteiger partial charge in [-0.05, 0) is 15.9 Å². The molecule has 0 rings (SSSR count). The summed E-state index contributed by atoms with van der Waals surface area (Å²) in [6, 6.07) is 0. The van der Waals surface area contributed by atoms with E-state index < -0.39 is 27.8 Å². The quantitative estimate of drug-likeness (QED) is 0.784. The summed E-state index contributed by atoms with van der Waals surface area (Å²) in [7, 11) is 0. The maximum atomic E-state index is 12.9. The summed E-state index contributed by atoms with van der Waals surface area (Å²) < 4.78 is 37.5. The number of halogens is 6. The Morgan fingerprint density at radius 2 is 1.83 bits per heavy atom. The van der Waals surface area contributed by atoms with Gasteiger partial charge in [0.05, 0.1) is 6.61 Å². The fraction of sp³-hybridized carbons (Fsp3) is 1.00. The predicted molar refractivity (Wildman–Crippen MR) is 48.0 cm³/mol. The first-order valence-corrected chi connectivity index (χ1v) is 4.99. The van der Waals surface area contributed by atoms with Crippen LogP contribution < -0.4 is 0 Å². The average molecular weight is 334 g/mol. The molecule has 12 heavy (non-hydrogen) atoms. The lowest BCUT2D eigenvalue weighted by atomic mass is 10.2. The smallest absolute Gasteiger partial charge is 0.348 e. The molecule has 0 amide bonds. The molecular weight excluding hydrogens is 328 g/mol. The molecule has 0 saturated carbocycles. The van der Waals surface area contributed by atoms with Crippen LogP contribution in [-0.4, -0.2) is 26.5 Å². The Hall–Kier alpha value is 1.000. The summed E-state index contributed by atoms with van der Waals surface area (Å²) in [6.07, 6.45) is -0.691. The highest BCUT2D eigenvalue weighted by atomic mass is 79.9. The molecule has 0 aromatic carbocycles. The summed E-state index contributed by atoms with van der Waals surface area (Å²) in [4.78, 5) is -4.59. The zero-order valence-electron chi connectivity index (χ0n) is 5.71. The summed E-state index contributed by atoms with van der Waals surface area (Å²) >= 11 is 9.47. The fourth-order valence-corrected chi connectivity index (χ4v) is 1.44. The summed E-state index contributed by atoms with van der Waals surface area (Å²) in [5, 5.41) is 5.24. The Morgan fingerprint density at radius 1 is 1.42 bits per heavy atom. The molecule has 0 radical (unpaired) electrons. The van der Waals surface area contributed by atoms with Crippen molar-refractivity contribution in [3.8, 4) is 0 Å². The van der Waals surface area contributed by atoms with Crippen LogP contribution in [0.1, 0.15) is 6.42 Å². The lowest BCUT2D eigenvalue weighted by molar-refractivity contribution is -0.0110. The monoisotopic (exact) mass is 332 g/mol. The van der Waals surface area contributed by atoms with Crippen LogP contribution in [0.25, 0.3) is 0 Å². The standard InChI is InChI=1S/C5H6Br2ClF3O/c6-3(2-12)1-4(8,9)5(7,10)11/h3,12H,1-2H2/t3-,4-/m0/s1. The second-order valence-electron chi connectivity index (χ2n) is 2.19. The van der Waals surface area contributed by atoms with Gasteiger partial charge in [0.15, 0.2) is 0 Å². The number of hydrogen-bond acceptors (Lipinski definition) is 1. The molecule has 1 N–H and O–H groups in total. The second-order valence-corrected chi connectivity index (χ2v) is 5.08. The predicted octanol–water partition coefficient (Wildman–Crippen LogP) is 3.02. The minimum absolute atomic E-state index is 0.457. The zero-order valence-corrected chi connectivity index (χ0v) is 9.63. The van der Waals surface area contributed by atoms with Gasteiger partial charge in [-0.25, -0.2) is 4.39 Å². The molecule has 0 fully saturated rings. The normalized spacial score (nSPS) is 20.2. The van der Waals surface area contributed by atoms with Gasteiger partial charge in [-0.1, -0.05) is 27.5 Å². The number of hydrogen-bond donors (Lipinski definition) is 1. The number of rotatable bonds is 4. The Bertz CT molecular complexity index is 150. The maximum Gasteiger partial charge on any atom is 0.348 e. The summed E-state index contributed by atoms with van der Waals surface area (Å²) in [6.45, 7) is -0.457. The van der Waals surface area contributed by atoms with Crippen molar-refractivity contribution in [2.24, 2.45) is 0 Å². The minimum Gasteiger partial charge on any atom is -0.395 e. The molecule has 7 heteroatoms. The van der Waals surface area contributed by atoms with Crippen LogP contribution in [-0.2, 0) is 0 Å². The Balaban J connectivity index is 4.22. The molecule has 0 aliphatic heterocycles. The molecular formula is C5H6Br2ClF3O. The van der Waals surface area contributed by atoms with Crippen LogP contribution in [0.5, 0.6) is 0 Å². The third-order valence-electron chi connectivity index (χ3n) is 1.09. The van der Waals surface area contributed by atoms with Crippen LogP contribution >= 0.6 is 43.5 Å². The first kappa shape index (κ1) is 13.0. The first-order chi connectivity index (χ1) is 5.20. The Kier molecular flexibility index (Phi) is 4.85. The first-order valence-electron chi connectivity index (χ1n) is 2.90. The third kappa shape index (κ3) is 3.81. The van der Waals surface area contributed by atoms with Gasteiger partial charge >= 0.3 is 4.83 Å². The van der Waals surface area contributed by atoms with E-state index in [9.17, 15) is 13.2 Å². The average Bonchev–Trinajstić information content (AvgIpc) is 1.84.